The van der Waals surface area contributed by atoms with Crippen LogP contribution in [0.15, 0.2) is 18.2 Å². The Hall–Kier alpha value is -1.02. The highest BCUT2D eigenvalue weighted by atomic mass is 16.5. The Morgan fingerprint density at radius 2 is 1.79 bits per heavy atom. The molecule has 1 aliphatic carbocycles. The number of rotatable bonds is 4. The van der Waals surface area contributed by atoms with Crippen molar-refractivity contribution >= 4 is 0 Å². The van der Waals surface area contributed by atoms with Crippen molar-refractivity contribution in [1.82, 2.24) is 0 Å². The lowest BCUT2D eigenvalue weighted by Gasteiger charge is -2.21. The Bertz CT molecular complexity index is 379. The van der Waals surface area contributed by atoms with Crippen LogP contribution in [0.3, 0.4) is 0 Å². The van der Waals surface area contributed by atoms with Gasteiger partial charge in [0, 0.05) is 0 Å². The van der Waals surface area contributed by atoms with Gasteiger partial charge in [0.1, 0.15) is 12.4 Å². The van der Waals surface area contributed by atoms with Crippen LogP contribution >= 0.6 is 0 Å². The highest BCUT2D eigenvalue weighted by Gasteiger charge is 2.14. The molecule has 1 N–H and O–H groups in total. The maximum Gasteiger partial charge on any atom is 0.122 e. The third kappa shape index (κ3) is 4.24. The molecular weight excluding hydrogens is 236 g/mol. The summed E-state index contributed by atoms with van der Waals surface area (Å²) >= 11 is 0. The second kappa shape index (κ2) is 7.54. The van der Waals surface area contributed by atoms with Crippen molar-refractivity contribution in [2.24, 2.45) is 0 Å². The molecule has 0 radical (unpaired) electrons. The predicted molar refractivity (Wildman–Crippen MR) is 78.8 cm³/mol. The maximum atomic E-state index is 8.81. The Kier molecular flexibility index (Phi) is 5.71. The van der Waals surface area contributed by atoms with Gasteiger partial charge in [0.25, 0.3) is 0 Å². The molecule has 0 spiro atoms. The molecule has 0 bridgehead atoms. The summed E-state index contributed by atoms with van der Waals surface area (Å²) in [4.78, 5) is 0. The average Bonchev–Trinajstić information content (AvgIpc) is 2.37. The lowest BCUT2D eigenvalue weighted by molar-refractivity contribution is 0.200. The molecule has 2 rings (SSSR count). The molecule has 106 valence electrons. The standard InChI is InChI=1S/C17H26O2/c1-14-13-16(9-10-17(14)19-12-11-18)15-7-5-3-2-4-6-8-15/h9-10,13,15,18H,2-8,11-12H2,1H3. The summed E-state index contributed by atoms with van der Waals surface area (Å²) in [5.74, 6) is 1.63. The van der Waals surface area contributed by atoms with Gasteiger partial charge < -0.3 is 9.84 Å². The Morgan fingerprint density at radius 1 is 1.11 bits per heavy atom. The molecule has 0 aromatic heterocycles. The third-order valence-corrected chi connectivity index (χ3v) is 4.12. The lowest BCUT2D eigenvalue weighted by atomic mass is 9.85. The number of ether oxygens (including phenoxy) is 1. The molecule has 0 unspecified atom stereocenters. The van der Waals surface area contributed by atoms with E-state index in [1.165, 1.54) is 56.1 Å². The first-order chi connectivity index (χ1) is 9.31. The van der Waals surface area contributed by atoms with Gasteiger partial charge in [-0.05, 0) is 42.9 Å². The van der Waals surface area contributed by atoms with E-state index in [-0.39, 0.29) is 6.61 Å². The zero-order valence-corrected chi connectivity index (χ0v) is 12.0. The van der Waals surface area contributed by atoms with Crippen LogP contribution in [0.25, 0.3) is 0 Å². The molecule has 1 saturated carbocycles. The first kappa shape index (κ1) is 14.4. The van der Waals surface area contributed by atoms with E-state index in [9.17, 15) is 0 Å². The van der Waals surface area contributed by atoms with Crippen molar-refractivity contribution in [3.05, 3.63) is 29.3 Å². The van der Waals surface area contributed by atoms with Crippen LogP contribution in [0.4, 0.5) is 0 Å². The van der Waals surface area contributed by atoms with Gasteiger partial charge in [-0.1, -0.05) is 44.2 Å². The van der Waals surface area contributed by atoms with E-state index >= 15 is 0 Å². The van der Waals surface area contributed by atoms with Gasteiger partial charge in [0.15, 0.2) is 0 Å². The summed E-state index contributed by atoms with van der Waals surface area (Å²) in [6.45, 7) is 2.55. The van der Waals surface area contributed by atoms with Crippen molar-refractivity contribution < 1.29 is 9.84 Å². The molecule has 1 aromatic rings. The first-order valence-corrected chi connectivity index (χ1v) is 7.65. The molecule has 19 heavy (non-hydrogen) atoms. The van der Waals surface area contributed by atoms with Crippen LogP contribution in [0.1, 0.15) is 62.0 Å². The Morgan fingerprint density at radius 3 is 2.42 bits per heavy atom. The van der Waals surface area contributed by atoms with Gasteiger partial charge in [-0.25, -0.2) is 0 Å². The number of benzene rings is 1. The molecule has 2 nitrogen and oxygen atoms in total. The van der Waals surface area contributed by atoms with Crippen LogP contribution in [0.2, 0.25) is 0 Å². The Balaban J connectivity index is 2.04. The van der Waals surface area contributed by atoms with E-state index in [0.29, 0.717) is 6.61 Å². The zero-order valence-electron chi connectivity index (χ0n) is 12.0. The van der Waals surface area contributed by atoms with Crippen molar-refractivity contribution in [2.75, 3.05) is 13.2 Å². The van der Waals surface area contributed by atoms with Gasteiger partial charge in [-0.3, -0.25) is 0 Å². The maximum absolute atomic E-state index is 8.81. The summed E-state index contributed by atoms with van der Waals surface area (Å²) in [6.07, 6.45) is 9.60. The van der Waals surface area contributed by atoms with Crippen molar-refractivity contribution in [3.63, 3.8) is 0 Å². The number of aliphatic hydroxyl groups excluding tert-OH is 1. The van der Waals surface area contributed by atoms with Crippen LogP contribution in [-0.4, -0.2) is 18.3 Å². The molecule has 1 aromatic carbocycles. The number of aryl methyl sites for hydroxylation is 1. The fourth-order valence-corrected chi connectivity index (χ4v) is 3.03. The second-order valence-corrected chi connectivity index (χ2v) is 5.64. The van der Waals surface area contributed by atoms with Crippen molar-refractivity contribution in [3.8, 4) is 5.75 Å². The summed E-state index contributed by atoms with van der Waals surface area (Å²) in [5.41, 5.74) is 2.66. The molecule has 0 atom stereocenters. The summed E-state index contributed by atoms with van der Waals surface area (Å²) in [6, 6.07) is 6.56. The first-order valence-electron chi connectivity index (χ1n) is 7.65. The molecule has 1 aliphatic rings. The topological polar surface area (TPSA) is 29.5 Å². The molecule has 1 fully saturated rings. The molecule has 0 saturated heterocycles. The molecule has 0 amide bonds. The smallest absolute Gasteiger partial charge is 0.122 e. The van der Waals surface area contributed by atoms with Crippen LogP contribution in [0, 0.1) is 6.92 Å². The van der Waals surface area contributed by atoms with Gasteiger partial charge in [-0.2, -0.15) is 0 Å². The second-order valence-electron chi connectivity index (χ2n) is 5.64. The summed E-state index contributed by atoms with van der Waals surface area (Å²) < 4.78 is 5.52. The Labute approximate surface area is 116 Å². The van der Waals surface area contributed by atoms with E-state index in [2.05, 4.69) is 25.1 Å². The van der Waals surface area contributed by atoms with E-state index < -0.39 is 0 Å². The zero-order chi connectivity index (χ0) is 13.5. The highest BCUT2D eigenvalue weighted by molar-refractivity contribution is 5.37. The number of aliphatic hydroxyl groups is 1. The largest absolute Gasteiger partial charge is 0.491 e. The monoisotopic (exact) mass is 262 g/mol. The minimum Gasteiger partial charge on any atom is -0.491 e. The quantitative estimate of drug-likeness (QED) is 0.881. The van der Waals surface area contributed by atoms with E-state index in [1.807, 2.05) is 0 Å². The van der Waals surface area contributed by atoms with E-state index in [0.717, 1.165) is 11.7 Å². The highest BCUT2D eigenvalue weighted by Crippen LogP contribution is 2.33. The predicted octanol–water partition coefficient (Wildman–Crippen LogP) is 4.19. The SMILES string of the molecule is Cc1cc(C2CCCCCCC2)ccc1OCCO. The van der Waals surface area contributed by atoms with E-state index in [4.69, 9.17) is 9.84 Å². The fraction of sp³-hybridized carbons (Fsp3) is 0.647. The average molecular weight is 262 g/mol. The third-order valence-electron chi connectivity index (χ3n) is 4.12. The molecule has 2 heteroatoms. The molecule has 0 aliphatic heterocycles. The van der Waals surface area contributed by atoms with Crippen LogP contribution in [0.5, 0.6) is 5.75 Å². The van der Waals surface area contributed by atoms with Gasteiger partial charge in [-0.15, -0.1) is 0 Å². The van der Waals surface area contributed by atoms with Crippen LogP contribution < -0.4 is 4.74 Å². The van der Waals surface area contributed by atoms with Crippen molar-refractivity contribution in [2.45, 2.75) is 57.8 Å². The van der Waals surface area contributed by atoms with Gasteiger partial charge in [0.2, 0.25) is 0 Å². The summed E-state index contributed by atoms with van der Waals surface area (Å²) in [5, 5.41) is 8.81. The fourth-order valence-electron chi connectivity index (χ4n) is 3.03. The van der Waals surface area contributed by atoms with E-state index in [1.54, 1.807) is 0 Å². The lowest BCUT2D eigenvalue weighted by Crippen LogP contribution is -2.05. The summed E-state index contributed by atoms with van der Waals surface area (Å²) in [7, 11) is 0. The minimum atomic E-state index is 0.0732. The van der Waals surface area contributed by atoms with Crippen molar-refractivity contribution in [1.29, 1.82) is 0 Å². The molecule has 0 heterocycles. The molecular formula is C17H26O2. The van der Waals surface area contributed by atoms with Gasteiger partial charge in [0.05, 0.1) is 6.61 Å². The number of hydrogen-bond donors (Lipinski definition) is 1. The minimum absolute atomic E-state index is 0.0732. The van der Waals surface area contributed by atoms with Crippen LogP contribution in [-0.2, 0) is 0 Å². The number of hydrogen-bond acceptors (Lipinski definition) is 2. The normalized spacial score (nSPS) is 17.8. The van der Waals surface area contributed by atoms with Gasteiger partial charge >= 0.3 is 0 Å².